The molecule has 0 aromatic heterocycles. The Labute approximate surface area is 113 Å². The Hall–Kier alpha value is -1.59. The highest BCUT2D eigenvalue weighted by Crippen LogP contribution is 2.11. The van der Waals surface area contributed by atoms with Gasteiger partial charge in [-0.1, -0.05) is 12.1 Å². The van der Waals surface area contributed by atoms with Crippen LogP contribution >= 0.6 is 0 Å². The molecule has 2 N–H and O–H groups in total. The van der Waals surface area contributed by atoms with Gasteiger partial charge in [-0.05, 0) is 17.7 Å². The summed E-state index contributed by atoms with van der Waals surface area (Å²) in [4.78, 5) is 15.9. The van der Waals surface area contributed by atoms with Gasteiger partial charge in [-0.3, -0.25) is 9.69 Å². The summed E-state index contributed by atoms with van der Waals surface area (Å²) in [5.41, 5.74) is 7.79. The van der Waals surface area contributed by atoms with Gasteiger partial charge < -0.3 is 15.4 Å². The van der Waals surface area contributed by atoms with E-state index in [1.807, 2.05) is 23.1 Å². The first-order chi connectivity index (χ1) is 9.19. The van der Waals surface area contributed by atoms with Gasteiger partial charge in [0.2, 0.25) is 5.91 Å². The van der Waals surface area contributed by atoms with Crippen molar-refractivity contribution in [3.63, 3.8) is 0 Å². The van der Waals surface area contributed by atoms with Crippen molar-refractivity contribution in [2.75, 3.05) is 45.6 Å². The van der Waals surface area contributed by atoms with Crippen molar-refractivity contribution in [3.8, 4) is 0 Å². The second kappa shape index (κ2) is 6.54. The lowest BCUT2D eigenvalue weighted by Gasteiger charge is -2.34. The Bertz CT molecular complexity index is 428. The highest BCUT2D eigenvalue weighted by Gasteiger charge is 2.20. The quantitative estimate of drug-likeness (QED) is 0.806. The molecule has 1 amide bonds. The van der Waals surface area contributed by atoms with Crippen molar-refractivity contribution in [1.29, 1.82) is 0 Å². The number of rotatable bonds is 4. The third-order valence-corrected chi connectivity index (χ3v) is 3.35. The Kier molecular flexibility index (Phi) is 4.76. The second-order valence-electron chi connectivity index (χ2n) is 4.83. The summed E-state index contributed by atoms with van der Waals surface area (Å²) in [5, 5.41) is 0. The summed E-state index contributed by atoms with van der Waals surface area (Å²) in [5.74, 6) is 0.0751. The maximum atomic E-state index is 11.7. The molecule has 2 rings (SSSR count). The monoisotopic (exact) mass is 263 g/mol. The Morgan fingerprint density at radius 1 is 1.32 bits per heavy atom. The molecule has 0 atom stereocenters. The predicted molar refractivity (Wildman–Crippen MR) is 74.6 cm³/mol. The topological polar surface area (TPSA) is 58.8 Å². The summed E-state index contributed by atoms with van der Waals surface area (Å²) >= 11 is 0. The molecule has 0 saturated carbocycles. The number of hydrogen-bond acceptors (Lipinski definition) is 4. The molecule has 1 aliphatic heterocycles. The molecule has 1 saturated heterocycles. The van der Waals surface area contributed by atoms with Crippen LogP contribution in [0.25, 0.3) is 0 Å². The van der Waals surface area contributed by atoms with Crippen LogP contribution in [0.2, 0.25) is 0 Å². The molecule has 0 bridgehead atoms. The number of amides is 1. The number of carbonyl (C=O) groups is 1. The Balaban J connectivity index is 1.82. The predicted octanol–water partition coefficient (Wildman–Crippen LogP) is 0.559. The Morgan fingerprint density at radius 2 is 2.05 bits per heavy atom. The summed E-state index contributed by atoms with van der Waals surface area (Å²) in [6, 6.07) is 7.95. The SMILES string of the molecule is COCC(=O)N1CCN(Cc2cccc(N)c2)CC1. The van der Waals surface area contributed by atoms with Gasteiger partial charge in [0.05, 0.1) is 0 Å². The van der Waals surface area contributed by atoms with Crippen molar-refractivity contribution in [3.05, 3.63) is 29.8 Å². The van der Waals surface area contributed by atoms with Gasteiger partial charge in [-0.15, -0.1) is 0 Å². The molecule has 5 heteroatoms. The van der Waals surface area contributed by atoms with E-state index in [4.69, 9.17) is 10.5 Å². The minimum absolute atomic E-state index is 0.0751. The minimum Gasteiger partial charge on any atom is -0.399 e. The normalized spacial score (nSPS) is 16.6. The van der Waals surface area contributed by atoms with Crippen LogP contribution in [0.15, 0.2) is 24.3 Å². The highest BCUT2D eigenvalue weighted by molar-refractivity contribution is 5.77. The number of nitrogens with zero attached hydrogens (tertiary/aromatic N) is 2. The molecule has 0 spiro atoms. The number of ether oxygens (including phenoxy) is 1. The molecule has 104 valence electrons. The third-order valence-electron chi connectivity index (χ3n) is 3.35. The van der Waals surface area contributed by atoms with Crippen molar-refractivity contribution < 1.29 is 9.53 Å². The van der Waals surface area contributed by atoms with Crippen LogP contribution in [0.3, 0.4) is 0 Å². The summed E-state index contributed by atoms with van der Waals surface area (Å²) in [7, 11) is 1.55. The zero-order chi connectivity index (χ0) is 13.7. The second-order valence-corrected chi connectivity index (χ2v) is 4.83. The van der Waals surface area contributed by atoms with E-state index >= 15 is 0 Å². The first kappa shape index (κ1) is 13.8. The number of benzene rings is 1. The van der Waals surface area contributed by atoms with Crippen LogP contribution in [0.4, 0.5) is 5.69 Å². The van der Waals surface area contributed by atoms with Crippen LogP contribution in [0.5, 0.6) is 0 Å². The molecular formula is C14H21N3O2. The number of hydrogen-bond donors (Lipinski definition) is 1. The summed E-state index contributed by atoms with van der Waals surface area (Å²) < 4.78 is 4.87. The number of carbonyl (C=O) groups excluding carboxylic acids is 1. The van der Waals surface area contributed by atoms with Gasteiger partial charge in [-0.25, -0.2) is 0 Å². The van der Waals surface area contributed by atoms with Gasteiger partial charge in [0.25, 0.3) is 0 Å². The molecule has 0 aliphatic carbocycles. The molecular weight excluding hydrogens is 242 g/mol. The van der Waals surface area contributed by atoms with E-state index in [0.29, 0.717) is 0 Å². The standard InChI is InChI=1S/C14H21N3O2/c1-19-11-14(18)17-7-5-16(6-8-17)10-12-3-2-4-13(15)9-12/h2-4,9H,5-8,10-11,15H2,1H3. The fraction of sp³-hybridized carbons (Fsp3) is 0.500. The number of nitrogen functional groups attached to an aromatic ring is 1. The van der Waals surface area contributed by atoms with Crippen LogP contribution in [0, 0.1) is 0 Å². The number of nitrogens with two attached hydrogens (primary N) is 1. The maximum Gasteiger partial charge on any atom is 0.248 e. The van der Waals surface area contributed by atoms with E-state index in [2.05, 4.69) is 11.0 Å². The first-order valence-electron chi connectivity index (χ1n) is 6.52. The van der Waals surface area contributed by atoms with Crippen molar-refractivity contribution in [2.45, 2.75) is 6.54 Å². The molecule has 5 nitrogen and oxygen atoms in total. The van der Waals surface area contributed by atoms with Crippen molar-refractivity contribution >= 4 is 11.6 Å². The van der Waals surface area contributed by atoms with Gasteiger partial charge in [0.1, 0.15) is 6.61 Å². The summed E-state index contributed by atoms with van der Waals surface area (Å²) in [6.07, 6.45) is 0. The van der Waals surface area contributed by atoms with E-state index in [1.165, 1.54) is 5.56 Å². The lowest BCUT2D eigenvalue weighted by Crippen LogP contribution is -2.49. The zero-order valence-corrected chi connectivity index (χ0v) is 11.3. The van der Waals surface area contributed by atoms with E-state index < -0.39 is 0 Å². The maximum absolute atomic E-state index is 11.7. The molecule has 1 aromatic carbocycles. The van der Waals surface area contributed by atoms with E-state index in [9.17, 15) is 4.79 Å². The Morgan fingerprint density at radius 3 is 2.68 bits per heavy atom. The average Bonchev–Trinajstić information content (AvgIpc) is 2.40. The van der Waals surface area contributed by atoms with E-state index in [-0.39, 0.29) is 12.5 Å². The van der Waals surface area contributed by atoms with Crippen molar-refractivity contribution in [2.24, 2.45) is 0 Å². The fourth-order valence-electron chi connectivity index (χ4n) is 2.32. The number of piperazine rings is 1. The number of methoxy groups -OCH3 is 1. The zero-order valence-electron chi connectivity index (χ0n) is 11.3. The van der Waals surface area contributed by atoms with Gasteiger partial charge in [-0.2, -0.15) is 0 Å². The molecule has 1 fully saturated rings. The van der Waals surface area contributed by atoms with Crippen LogP contribution in [0.1, 0.15) is 5.56 Å². The van der Waals surface area contributed by atoms with Crippen LogP contribution < -0.4 is 5.73 Å². The number of anilines is 1. The van der Waals surface area contributed by atoms with Crippen LogP contribution in [-0.4, -0.2) is 55.6 Å². The molecule has 1 aliphatic rings. The van der Waals surface area contributed by atoms with E-state index in [0.717, 1.165) is 38.4 Å². The van der Waals surface area contributed by atoms with Gasteiger partial charge in [0.15, 0.2) is 0 Å². The smallest absolute Gasteiger partial charge is 0.248 e. The highest BCUT2D eigenvalue weighted by atomic mass is 16.5. The van der Waals surface area contributed by atoms with Gasteiger partial charge >= 0.3 is 0 Å². The minimum atomic E-state index is 0.0751. The van der Waals surface area contributed by atoms with E-state index in [1.54, 1.807) is 7.11 Å². The first-order valence-corrected chi connectivity index (χ1v) is 6.52. The third kappa shape index (κ3) is 3.94. The molecule has 19 heavy (non-hydrogen) atoms. The molecule has 1 aromatic rings. The average molecular weight is 263 g/mol. The van der Waals surface area contributed by atoms with Gasteiger partial charge in [0, 0.05) is 45.5 Å². The fourth-order valence-corrected chi connectivity index (χ4v) is 2.32. The molecule has 1 heterocycles. The lowest BCUT2D eigenvalue weighted by molar-refractivity contribution is -0.136. The molecule has 0 radical (unpaired) electrons. The largest absolute Gasteiger partial charge is 0.399 e. The van der Waals surface area contributed by atoms with Crippen molar-refractivity contribution in [1.82, 2.24) is 9.80 Å². The lowest BCUT2D eigenvalue weighted by atomic mass is 10.2. The summed E-state index contributed by atoms with van der Waals surface area (Å²) in [6.45, 7) is 4.39. The van der Waals surface area contributed by atoms with Crippen LogP contribution in [-0.2, 0) is 16.1 Å². The molecule has 0 unspecified atom stereocenters.